The van der Waals surface area contributed by atoms with Crippen LogP contribution in [0.25, 0.3) is 0 Å². The molecule has 1 N–H and O–H groups in total. The van der Waals surface area contributed by atoms with E-state index < -0.39 is 6.04 Å². The summed E-state index contributed by atoms with van der Waals surface area (Å²) in [6, 6.07) is 14.0. The van der Waals surface area contributed by atoms with Crippen LogP contribution in [0.15, 0.2) is 48.5 Å². The minimum absolute atomic E-state index is 0.127. The molecule has 2 amide bonds. The average Bonchev–Trinajstić information content (AvgIpc) is 2.61. The molecule has 29 heavy (non-hydrogen) atoms. The van der Waals surface area contributed by atoms with Gasteiger partial charge in [0, 0.05) is 22.1 Å². The third-order valence-electron chi connectivity index (χ3n) is 4.39. The third-order valence-corrected chi connectivity index (χ3v) is 4.88. The number of hydrogen-bond donors (Lipinski definition) is 1. The van der Waals surface area contributed by atoms with Crippen molar-refractivity contribution in [2.45, 2.75) is 58.7 Å². The van der Waals surface area contributed by atoms with Gasteiger partial charge in [0.2, 0.25) is 11.8 Å². The van der Waals surface area contributed by atoms with Crippen molar-refractivity contribution in [1.82, 2.24) is 10.2 Å². The maximum atomic E-state index is 13.2. The smallest absolute Gasteiger partial charge is 0.243 e. The SMILES string of the molecule is CC[C@H](C(=O)NC(C)(C)C)N(Cc1ccc(Cl)cc1)C(=O)Cc1cccc(Cl)c1. The zero-order chi connectivity index (χ0) is 21.6. The Morgan fingerprint density at radius 2 is 1.66 bits per heavy atom. The quantitative estimate of drug-likeness (QED) is 0.645. The van der Waals surface area contributed by atoms with Crippen LogP contribution in [0, 0.1) is 0 Å². The number of nitrogens with one attached hydrogen (secondary N) is 1. The molecule has 0 aliphatic rings. The van der Waals surface area contributed by atoms with Gasteiger partial charge in [0.05, 0.1) is 6.42 Å². The fourth-order valence-electron chi connectivity index (χ4n) is 3.08. The van der Waals surface area contributed by atoms with Crippen LogP contribution in [0.4, 0.5) is 0 Å². The fourth-order valence-corrected chi connectivity index (χ4v) is 3.42. The number of amides is 2. The highest BCUT2D eigenvalue weighted by molar-refractivity contribution is 6.30. The van der Waals surface area contributed by atoms with Gasteiger partial charge in [-0.25, -0.2) is 0 Å². The average molecular weight is 435 g/mol. The second-order valence-electron chi connectivity index (χ2n) is 8.12. The molecule has 2 rings (SSSR count). The Balaban J connectivity index is 2.30. The largest absolute Gasteiger partial charge is 0.350 e. The molecule has 0 fully saturated rings. The highest BCUT2D eigenvalue weighted by atomic mass is 35.5. The lowest BCUT2D eigenvalue weighted by Gasteiger charge is -2.33. The first-order valence-corrected chi connectivity index (χ1v) is 10.4. The van der Waals surface area contributed by atoms with Crippen LogP contribution in [-0.2, 0) is 22.6 Å². The van der Waals surface area contributed by atoms with Crippen LogP contribution in [0.3, 0.4) is 0 Å². The van der Waals surface area contributed by atoms with Gasteiger partial charge in [-0.1, -0.05) is 54.4 Å². The summed E-state index contributed by atoms with van der Waals surface area (Å²) < 4.78 is 0. The predicted molar refractivity (Wildman–Crippen MR) is 119 cm³/mol. The highest BCUT2D eigenvalue weighted by Gasteiger charge is 2.30. The highest BCUT2D eigenvalue weighted by Crippen LogP contribution is 2.18. The molecule has 0 heterocycles. The van der Waals surface area contributed by atoms with Gasteiger partial charge >= 0.3 is 0 Å². The molecule has 0 aliphatic heterocycles. The molecule has 156 valence electrons. The molecule has 2 aromatic rings. The Morgan fingerprint density at radius 1 is 1.00 bits per heavy atom. The van der Waals surface area contributed by atoms with Crippen molar-refractivity contribution in [2.24, 2.45) is 0 Å². The number of nitrogens with zero attached hydrogens (tertiary/aromatic N) is 1. The zero-order valence-electron chi connectivity index (χ0n) is 17.3. The summed E-state index contributed by atoms with van der Waals surface area (Å²) in [7, 11) is 0. The lowest BCUT2D eigenvalue weighted by molar-refractivity contribution is -0.141. The molecule has 0 aliphatic carbocycles. The Kier molecular flexibility index (Phi) is 8.12. The van der Waals surface area contributed by atoms with E-state index in [1.807, 2.05) is 52.0 Å². The van der Waals surface area contributed by atoms with E-state index in [1.165, 1.54) is 0 Å². The van der Waals surface area contributed by atoms with Gasteiger partial charge in [0.15, 0.2) is 0 Å². The Morgan fingerprint density at radius 3 is 2.21 bits per heavy atom. The van der Waals surface area contributed by atoms with Crippen molar-refractivity contribution in [2.75, 3.05) is 0 Å². The Labute approximate surface area is 183 Å². The lowest BCUT2D eigenvalue weighted by Crippen LogP contribution is -2.53. The van der Waals surface area contributed by atoms with E-state index in [4.69, 9.17) is 23.2 Å². The number of carbonyl (C=O) groups excluding carboxylic acids is 2. The normalized spacial score (nSPS) is 12.3. The summed E-state index contributed by atoms with van der Waals surface area (Å²) in [5, 5.41) is 4.21. The van der Waals surface area contributed by atoms with Crippen molar-refractivity contribution in [3.8, 4) is 0 Å². The van der Waals surface area contributed by atoms with Gasteiger partial charge in [0.1, 0.15) is 6.04 Å². The third kappa shape index (κ3) is 7.37. The van der Waals surface area contributed by atoms with E-state index in [2.05, 4.69) is 5.32 Å². The maximum absolute atomic E-state index is 13.2. The molecule has 4 nitrogen and oxygen atoms in total. The summed E-state index contributed by atoms with van der Waals surface area (Å²) in [6.07, 6.45) is 0.685. The van der Waals surface area contributed by atoms with Gasteiger partial charge in [-0.15, -0.1) is 0 Å². The molecule has 1 atom stereocenters. The number of hydrogen-bond acceptors (Lipinski definition) is 2. The zero-order valence-corrected chi connectivity index (χ0v) is 18.8. The Bertz CT molecular complexity index is 845. The topological polar surface area (TPSA) is 49.4 Å². The van der Waals surface area contributed by atoms with E-state index in [0.717, 1.165) is 11.1 Å². The maximum Gasteiger partial charge on any atom is 0.243 e. The van der Waals surface area contributed by atoms with E-state index in [0.29, 0.717) is 23.0 Å². The van der Waals surface area contributed by atoms with Gasteiger partial charge in [-0.3, -0.25) is 9.59 Å². The van der Waals surface area contributed by atoms with Crippen LogP contribution in [0.5, 0.6) is 0 Å². The molecule has 0 unspecified atom stereocenters. The summed E-state index contributed by atoms with van der Waals surface area (Å²) in [6.45, 7) is 8.01. The van der Waals surface area contributed by atoms with Crippen molar-refractivity contribution < 1.29 is 9.59 Å². The monoisotopic (exact) mass is 434 g/mol. The van der Waals surface area contributed by atoms with Crippen LogP contribution >= 0.6 is 23.2 Å². The van der Waals surface area contributed by atoms with E-state index in [-0.39, 0.29) is 23.8 Å². The minimum Gasteiger partial charge on any atom is -0.350 e. The molecule has 0 aromatic heterocycles. The minimum atomic E-state index is -0.573. The van der Waals surface area contributed by atoms with Crippen molar-refractivity contribution in [1.29, 1.82) is 0 Å². The van der Waals surface area contributed by atoms with Crippen LogP contribution in [-0.4, -0.2) is 28.3 Å². The molecule has 0 radical (unpaired) electrons. The summed E-state index contributed by atoms with van der Waals surface area (Å²) in [5.74, 6) is -0.286. The van der Waals surface area contributed by atoms with E-state index in [9.17, 15) is 9.59 Å². The van der Waals surface area contributed by atoms with Crippen LogP contribution in [0.1, 0.15) is 45.2 Å². The molecule has 6 heteroatoms. The Hall–Kier alpha value is -2.04. The van der Waals surface area contributed by atoms with Gasteiger partial charge < -0.3 is 10.2 Å². The molecular formula is C23H28Cl2N2O2. The first kappa shape index (κ1) is 23.2. The second kappa shape index (κ2) is 10.1. The summed E-state index contributed by atoms with van der Waals surface area (Å²) >= 11 is 12.1. The number of carbonyl (C=O) groups is 2. The molecule has 0 bridgehead atoms. The summed E-state index contributed by atoms with van der Waals surface area (Å²) in [4.78, 5) is 27.8. The van der Waals surface area contributed by atoms with Gasteiger partial charge in [-0.2, -0.15) is 0 Å². The molecular weight excluding hydrogens is 407 g/mol. The van der Waals surface area contributed by atoms with Gasteiger partial charge in [0.25, 0.3) is 0 Å². The van der Waals surface area contributed by atoms with Crippen LogP contribution < -0.4 is 5.32 Å². The van der Waals surface area contributed by atoms with Crippen LogP contribution in [0.2, 0.25) is 10.0 Å². The molecule has 0 saturated carbocycles. The summed E-state index contributed by atoms with van der Waals surface area (Å²) in [5.41, 5.74) is 1.34. The first-order chi connectivity index (χ1) is 13.6. The standard InChI is InChI=1S/C23H28Cl2N2O2/c1-5-20(22(29)26-23(2,3)4)27(15-16-9-11-18(24)12-10-16)21(28)14-17-7-6-8-19(25)13-17/h6-13,20H,5,14-15H2,1-4H3,(H,26,29)/t20-/m1/s1. The number of halogens is 2. The van der Waals surface area contributed by atoms with Gasteiger partial charge in [-0.05, 0) is 62.6 Å². The van der Waals surface area contributed by atoms with E-state index >= 15 is 0 Å². The molecule has 0 spiro atoms. The fraction of sp³-hybridized carbons (Fsp3) is 0.391. The first-order valence-electron chi connectivity index (χ1n) is 9.69. The van der Waals surface area contributed by atoms with Crippen molar-refractivity contribution in [3.05, 3.63) is 69.7 Å². The second-order valence-corrected chi connectivity index (χ2v) is 8.99. The van der Waals surface area contributed by atoms with E-state index in [1.54, 1.807) is 29.2 Å². The lowest BCUT2D eigenvalue weighted by atomic mass is 10.0. The molecule has 0 saturated heterocycles. The predicted octanol–water partition coefficient (Wildman–Crippen LogP) is 5.26. The number of rotatable bonds is 7. The van der Waals surface area contributed by atoms with Crippen molar-refractivity contribution >= 4 is 35.0 Å². The van der Waals surface area contributed by atoms with Crippen molar-refractivity contribution in [3.63, 3.8) is 0 Å². The number of benzene rings is 2. The molecule has 2 aromatic carbocycles.